The smallest absolute Gasteiger partial charge is 0.256 e. The minimum absolute atomic E-state index is 0.0376. The molecule has 6 nitrogen and oxygen atoms in total. The van der Waals surface area contributed by atoms with Crippen molar-refractivity contribution < 1.29 is 18.7 Å². The minimum atomic E-state index is -0.552. The van der Waals surface area contributed by atoms with Crippen LogP contribution in [0.3, 0.4) is 0 Å². The molecule has 0 bridgehead atoms. The molecule has 0 atom stereocenters. The molecule has 1 heterocycles. The number of rotatable bonds is 6. The summed E-state index contributed by atoms with van der Waals surface area (Å²) >= 11 is 5.60. The normalized spacial score (nSPS) is 10.1. The summed E-state index contributed by atoms with van der Waals surface area (Å²) in [6.07, 6.45) is 1.32. The van der Waals surface area contributed by atoms with Crippen molar-refractivity contribution in [2.24, 2.45) is 5.73 Å². The van der Waals surface area contributed by atoms with Crippen molar-refractivity contribution in [2.75, 3.05) is 19.8 Å². The van der Waals surface area contributed by atoms with Crippen molar-refractivity contribution in [2.45, 2.75) is 0 Å². The van der Waals surface area contributed by atoms with Crippen LogP contribution in [0.25, 0.3) is 0 Å². The largest absolute Gasteiger partial charge is 0.452 e. The molecule has 0 radical (unpaired) electrons. The van der Waals surface area contributed by atoms with E-state index >= 15 is 0 Å². The predicted molar refractivity (Wildman–Crippen MR) is 56.1 cm³/mol. The Morgan fingerprint density at radius 2 is 2.31 bits per heavy atom. The number of amides is 2. The molecule has 1 aromatic heterocycles. The maximum Gasteiger partial charge on any atom is 0.256 e. The van der Waals surface area contributed by atoms with E-state index in [0.717, 1.165) is 0 Å². The van der Waals surface area contributed by atoms with Gasteiger partial charge >= 0.3 is 0 Å². The summed E-state index contributed by atoms with van der Waals surface area (Å²) in [6.45, 7) is 0.292. The van der Waals surface area contributed by atoms with Crippen LogP contribution in [0.1, 0.15) is 10.4 Å². The highest BCUT2D eigenvalue weighted by Gasteiger charge is 2.11. The van der Waals surface area contributed by atoms with E-state index in [-0.39, 0.29) is 36.4 Å². The molecule has 1 rings (SSSR count). The molecule has 2 amide bonds. The first kappa shape index (κ1) is 12.5. The van der Waals surface area contributed by atoms with Gasteiger partial charge in [0.2, 0.25) is 11.1 Å². The summed E-state index contributed by atoms with van der Waals surface area (Å²) in [5.41, 5.74) is 5.11. The zero-order chi connectivity index (χ0) is 12.0. The molecular formula is C9H11ClN2O4. The first-order valence-electron chi connectivity index (χ1n) is 4.48. The van der Waals surface area contributed by atoms with Gasteiger partial charge in [0, 0.05) is 6.54 Å². The molecule has 88 valence electrons. The third-order valence-corrected chi connectivity index (χ3v) is 1.93. The van der Waals surface area contributed by atoms with Crippen LogP contribution in [-0.4, -0.2) is 31.6 Å². The molecule has 7 heteroatoms. The molecule has 0 aromatic carbocycles. The van der Waals surface area contributed by atoms with E-state index in [4.69, 9.17) is 26.5 Å². The fourth-order valence-electron chi connectivity index (χ4n) is 0.960. The maximum absolute atomic E-state index is 11.4. The quantitative estimate of drug-likeness (QED) is 0.700. The average molecular weight is 247 g/mol. The van der Waals surface area contributed by atoms with Gasteiger partial charge in [-0.2, -0.15) is 0 Å². The summed E-state index contributed by atoms with van der Waals surface area (Å²) in [4.78, 5) is 21.7. The second kappa shape index (κ2) is 6.14. The lowest BCUT2D eigenvalue weighted by molar-refractivity contribution is -0.122. The lowest BCUT2D eigenvalue weighted by atomic mass is 10.3. The van der Waals surface area contributed by atoms with E-state index in [2.05, 4.69) is 5.32 Å². The number of nitrogens with two attached hydrogens (primary N) is 1. The van der Waals surface area contributed by atoms with Crippen LogP contribution in [0.4, 0.5) is 0 Å². The van der Waals surface area contributed by atoms with E-state index in [1.54, 1.807) is 0 Å². The standard InChI is InChI=1S/C9H11ClN2O4/c10-8-6(1-3-16-8)9(14)12-2-4-15-5-7(11)13/h1,3H,2,4-5H2,(H2,11,13)(H,12,14). The molecule has 1 aromatic rings. The Morgan fingerprint density at radius 1 is 1.56 bits per heavy atom. The topological polar surface area (TPSA) is 94.6 Å². The second-order valence-electron chi connectivity index (χ2n) is 2.88. The molecule has 0 aliphatic rings. The maximum atomic E-state index is 11.4. The number of ether oxygens (including phenoxy) is 1. The highest BCUT2D eigenvalue weighted by molar-refractivity contribution is 6.32. The zero-order valence-electron chi connectivity index (χ0n) is 8.36. The van der Waals surface area contributed by atoms with Gasteiger partial charge in [0.1, 0.15) is 6.61 Å². The Morgan fingerprint density at radius 3 is 2.88 bits per heavy atom. The Labute approximate surface area is 96.7 Å². The lowest BCUT2D eigenvalue weighted by Crippen LogP contribution is -2.28. The Hall–Kier alpha value is -1.53. The minimum Gasteiger partial charge on any atom is -0.452 e. The van der Waals surface area contributed by atoms with Crippen LogP contribution < -0.4 is 11.1 Å². The second-order valence-corrected chi connectivity index (χ2v) is 3.23. The van der Waals surface area contributed by atoms with Crippen molar-refractivity contribution in [3.8, 4) is 0 Å². The number of hydrogen-bond acceptors (Lipinski definition) is 4. The fourth-order valence-corrected chi connectivity index (χ4v) is 1.16. The molecule has 0 saturated carbocycles. The van der Waals surface area contributed by atoms with Crippen molar-refractivity contribution in [1.82, 2.24) is 5.32 Å². The molecule has 3 N–H and O–H groups in total. The lowest BCUT2D eigenvalue weighted by Gasteiger charge is -2.03. The number of hydrogen-bond donors (Lipinski definition) is 2. The van der Waals surface area contributed by atoms with Gasteiger partial charge in [-0.05, 0) is 17.7 Å². The Balaban J connectivity index is 2.21. The van der Waals surface area contributed by atoms with Crippen LogP contribution in [-0.2, 0) is 9.53 Å². The molecule has 0 aliphatic carbocycles. The molecule has 0 unspecified atom stereocenters. The number of nitrogens with one attached hydrogen (secondary N) is 1. The van der Waals surface area contributed by atoms with Crippen molar-refractivity contribution >= 4 is 23.4 Å². The first-order valence-corrected chi connectivity index (χ1v) is 4.86. The van der Waals surface area contributed by atoms with Gasteiger partial charge in [-0.25, -0.2) is 0 Å². The van der Waals surface area contributed by atoms with Crippen molar-refractivity contribution in [3.05, 3.63) is 23.1 Å². The highest BCUT2D eigenvalue weighted by Crippen LogP contribution is 2.15. The van der Waals surface area contributed by atoms with Gasteiger partial charge in [0.15, 0.2) is 0 Å². The molecule has 0 saturated heterocycles. The summed E-state index contributed by atoms with van der Waals surface area (Å²) in [5, 5.41) is 2.58. The SMILES string of the molecule is NC(=O)COCCNC(=O)c1ccoc1Cl. The van der Waals surface area contributed by atoms with E-state index < -0.39 is 5.91 Å². The number of primary amides is 1. The number of carbonyl (C=O) groups excluding carboxylic acids is 2. The van der Waals surface area contributed by atoms with Gasteiger partial charge in [0.05, 0.1) is 18.4 Å². The molecule has 0 spiro atoms. The van der Waals surface area contributed by atoms with Crippen molar-refractivity contribution in [3.63, 3.8) is 0 Å². The zero-order valence-corrected chi connectivity index (χ0v) is 9.12. The number of carbonyl (C=O) groups is 2. The van der Waals surface area contributed by atoms with Crippen LogP contribution in [0.15, 0.2) is 16.7 Å². The van der Waals surface area contributed by atoms with E-state index in [9.17, 15) is 9.59 Å². The third kappa shape index (κ3) is 3.92. The van der Waals surface area contributed by atoms with Crippen LogP contribution in [0.5, 0.6) is 0 Å². The van der Waals surface area contributed by atoms with E-state index in [0.29, 0.717) is 0 Å². The average Bonchev–Trinajstić information content (AvgIpc) is 2.63. The summed E-state index contributed by atoms with van der Waals surface area (Å²) < 4.78 is 9.60. The van der Waals surface area contributed by atoms with E-state index in [1.807, 2.05) is 0 Å². The summed E-state index contributed by atoms with van der Waals surface area (Å²) in [6, 6.07) is 1.46. The van der Waals surface area contributed by atoms with Crippen LogP contribution in [0, 0.1) is 0 Å². The van der Waals surface area contributed by atoms with Crippen LogP contribution in [0.2, 0.25) is 5.22 Å². The van der Waals surface area contributed by atoms with Gasteiger partial charge in [-0.3, -0.25) is 9.59 Å². The van der Waals surface area contributed by atoms with Crippen LogP contribution >= 0.6 is 11.6 Å². The monoisotopic (exact) mass is 246 g/mol. The predicted octanol–water partition coefficient (Wildman–Crippen LogP) is 0.165. The number of halogens is 1. The van der Waals surface area contributed by atoms with Gasteiger partial charge in [0.25, 0.3) is 5.91 Å². The molecule has 0 fully saturated rings. The summed E-state index contributed by atoms with van der Waals surface area (Å²) in [5.74, 6) is -0.911. The fraction of sp³-hybridized carbons (Fsp3) is 0.333. The Bertz CT molecular complexity index is 377. The Kier molecular flexibility index (Phi) is 4.81. The summed E-state index contributed by atoms with van der Waals surface area (Å²) in [7, 11) is 0. The first-order chi connectivity index (χ1) is 7.61. The molecular weight excluding hydrogens is 236 g/mol. The molecule has 16 heavy (non-hydrogen) atoms. The van der Waals surface area contributed by atoms with Crippen molar-refractivity contribution in [1.29, 1.82) is 0 Å². The van der Waals surface area contributed by atoms with Gasteiger partial charge in [-0.15, -0.1) is 0 Å². The number of furan rings is 1. The third-order valence-electron chi connectivity index (χ3n) is 1.64. The van der Waals surface area contributed by atoms with Gasteiger partial charge in [-0.1, -0.05) is 0 Å². The highest BCUT2D eigenvalue weighted by atomic mass is 35.5. The van der Waals surface area contributed by atoms with Gasteiger partial charge < -0.3 is 20.2 Å². The van der Waals surface area contributed by atoms with E-state index in [1.165, 1.54) is 12.3 Å². The molecule has 0 aliphatic heterocycles.